The molecule has 0 aliphatic rings. The second kappa shape index (κ2) is 9.28. The fourth-order valence-electron chi connectivity index (χ4n) is 1.89. The Labute approximate surface area is 129 Å². The van der Waals surface area contributed by atoms with Crippen molar-refractivity contribution < 1.29 is 14.7 Å². The van der Waals surface area contributed by atoms with E-state index in [0.717, 1.165) is 12.0 Å². The molecule has 1 atom stereocenters. The van der Waals surface area contributed by atoms with Gasteiger partial charge in [-0.15, -0.1) is 0 Å². The number of urea groups is 1. The minimum absolute atomic E-state index is 0.418. The van der Waals surface area contributed by atoms with E-state index >= 15 is 0 Å². The van der Waals surface area contributed by atoms with Crippen molar-refractivity contribution in [1.82, 2.24) is 10.6 Å². The zero-order chi connectivity index (χ0) is 15.7. The van der Waals surface area contributed by atoms with Gasteiger partial charge in [0.25, 0.3) is 0 Å². The molecule has 0 saturated carbocycles. The first-order valence-electron chi connectivity index (χ1n) is 6.84. The summed E-state index contributed by atoms with van der Waals surface area (Å²) in [6.45, 7) is 2.50. The summed E-state index contributed by atoms with van der Waals surface area (Å²) in [6, 6.07) is 6.80. The van der Waals surface area contributed by atoms with Crippen molar-refractivity contribution in [3.8, 4) is 0 Å². The molecule has 0 saturated heterocycles. The standard InChI is InChI=1S/C15H22N2O3S/c1-11-4-3-5-12(10-11)6-8-16-15(20)17-13(14(18)19)7-9-21-2/h3-5,10,13H,6-9H2,1-2H3,(H,18,19)(H2,16,17,20)/t13-/m1/s1. The molecule has 0 unspecified atom stereocenters. The Hall–Kier alpha value is -1.69. The van der Waals surface area contributed by atoms with E-state index in [2.05, 4.69) is 16.7 Å². The fourth-order valence-corrected chi connectivity index (χ4v) is 2.36. The molecule has 116 valence electrons. The summed E-state index contributed by atoms with van der Waals surface area (Å²) in [5.74, 6) is -0.307. The number of carboxylic acids is 1. The zero-order valence-corrected chi connectivity index (χ0v) is 13.2. The summed E-state index contributed by atoms with van der Waals surface area (Å²) in [5, 5.41) is 14.2. The van der Waals surface area contributed by atoms with Crippen LogP contribution in [0.4, 0.5) is 4.79 Å². The molecular weight excluding hydrogens is 288 g/mol. The number of carboxylic acid groups (broad SMARTS) is 1. The van der Waals surface area contributed by atoms with Crippen LogP contribution in [0.3, 0.4) is 0 Å². The van der Waals surface area contributed by atoms with Crippen molar-refractivity contribution in [1.29, 1.82) is 0 Å². The Balaban J connectivity index is 2.34. The van der Waals surface area contributed by atoms with Gasteiger partial charge in [-0.2, -0.15) is 11.8 Å². The summed E-state index contributed by atoms with van der Waals surface area (Å²) in [7, 11) is 0. The number of aryl methyl sites for hydroxylation is 1. The Kier molecular flexibility index (Phi) is 7.68. The molecule has 0 bridgehead atoms. The second-order valence-corrected chi connectivity index (χ2v) is 5.80. The van der Waals surface area contributed by atoms with Gasteiger partial charge in [-0.05, 0) is 37.3 Å². The van der Waals surface area contributed by atoms with Gasteiger partial charge in [0.05, 0.1) is 0 Å². The molecule has 0 heterocycles. The van der Waals surface area contributed by atoms with Gasteiger partial charge in [0.1, 0.15) is 6.04 Å². The first kappa shape index (κ1) is 17.4. The number of thioether (sulfide) groups is 1. The van der Waals surface area contributed by atoms with Gasteiger partial charge in [0.2, 0.25) is 0 Å². The Morgan fingerprint density at radius 2 is 2.14 bits per heavy atom. The van der Waals surface area contributed by atoms with Gasteiger partial charge in [-0.3, -0.25) is 0 Å². The second-order valence-electron chi connectivity index (χ2n) is 4.81. The van der Waals surface area contributed by atoms with Crippen molar-refractivity contribution in [3.05, 3.63) is 35.4 Å². The number of aliphatic carboxylic acids is 1. The molecule has 5 nitrogen and oxygen atoms in total. The summed E-state index contributed by atoms with van der Waals surface area (Å²) in [6.07, 6.45) is 3.04. The predicted octanol–water partition coefficient (Wildman–Crippen LogP) is 2.04. The summed E-state index contributed by atoms with van der Waals surface area (Å²) < 4.78 is 0. The maximum absolute atomic E-state index is 11.7. The first-order chi connectivity index (χ1) is 10.0. The van der Waals surface area contributed by atoms with Crippen LogP contribution < -0.4 is 10.6 Å². The number of amides is 2. The van der Waals surface area contributed by atoms with E-state index in [0.29, 0.717) is 18.7 Å². The van der Waals surface area contributed by atoms with Crippen molar-refractivity contribution in [3.63, 3.8) is 0 Å². The van der Waals surface area contributed by atoms with E-state index in [-0.39, 0.29) is 0 Å². The molecule has 1 aromatic rings. The normalized spacial score (nSPS) is 11.7. The highest BCUT2D eigenvalue weighted by Gasteiger charge is 2.18. The number of hydrogen-bond donors (Lipinski definition) is 3. The topological polar surface area (TPSA) is 78.4 Å². The van der Waals surface area contributed by atoms with Crippen LogP contribution in [0.2, 0.25) is 0 Å². The zero-order valence-electron chi connectivity index (χ0n) is 12.4. The van der Waals surface area contributed by atoms with E-state index < -0.39 is 18.0 Å². The van der Waals surface area contributed by atoms with E-state index in [1.54, 1.807) is 11.8 Å². The van der Waals surface area contributed by atoms with E-state index in [9.17, 15) is 9.59 Å². The van der Waals surface area contributed by atoms with Crippen LogP contribution in [-0.4, -0.2) is 41.7 Å². The highest BCUT2D eigenvalue weighted by atomic mass is 32.2. The van der Waals surface area contributed by atoms with E-state index in [1.807, 2.05) is 31.4 Å². The van der Waals surface area contributed by atoms with Gasteiger partial charge < -0.3 is 15.7 Å². The third-order valence-corrected chi connectivity index (χ3v) is 3.64. The Morgan fingerprint density at radius 3 is 2.76 bits per heavy atom. The molecule has 0 fully saturated rings. The molecule has 1 aromatic carbocycles. The number of nitrogens with one attached hydrogen (secondary N) is 2. The smallest absolute Gasteiger partial charge is 0.326 e. The van der Waals surface area contributed by atoms with Crippen LogP contribution in [-0.2, 0) is 11.2 Å². The Morgan fingerprint density at radius 1 is 1.38 bits per heavy atom. The van der Waals surface area contributed by atoms with Crippen LogP contribution in [0.5, 0.6) is 0 Å². The van der Waals surface area contributed by atoms with Crippen LogP contribution in [0.1, 0.15) is 17.5 Å². The predicted molar refractivity (Wildman–Crippen MR) is 85.8 cm³/mol. The first-order valence-corrected chi connectivity index (χ1v) is 8.24. The fraction of sp³-hybridized carbons (Fsp3) is 0.467. The molecule has 0 radical (unpaired) electrons. The lowest BCUT2D eigenvalue weighted by Gasteiger charge is -2.14. The van der Waals surface area contributed by atoms with Crippen molar-refractivity contribution in [2.45, 2.75) is 25.8 Å². The monoisotopic (exact) mass is 310 g/mol. The molecule has 0 aliphatic heterocycles. The number of carbonyl (C=O) groups is 2. The van der Waals surface area contributed by atoms with Crippen LogP contribution in [0.15, 0.2) is 24.3 Å². The molecule has 0 spiro atoms. The van der Waals surface area contributed by atoms with Crippen LogP contribution >= 0.6 is 11.8 Å². The molecule has 21 heavy (non-hydrogen) atoms. The van der Waals surface area contributed by atoms with E-state index in [1.165, 1.54) is 5.56 Å². The molecule has 2 amide bonds. The summed E-state index contributed by atoms with van der Waals surface area (Å²) >= 11 is 1.56. The van der Waals surface area contributed by atoms with Gasteiger partial charge in [0, 0.05) is 6.54 Å². The number of hydrogen-bond acceptors (Lipinski definition) is 3. The SMILES string of the molecule is CSCC[C@@H](NC(=O)NCCc1cccc(C)c1)C(=O)O. The number of benzene rings is 1. The largest absolute Gasteiger partial charge is 0.480 e. The average Bonchev–Trinajstić information content (AvgIpc) is 2.43. The highest BCUT2D eigenvalue weighted by molar-refractivity contribution is 7.98. The molecule has 0 aromatic heterocycles. The summed E-state index contributed by atoms with van der Waals surface area (Å²) in [5.41, 5.74) is 2.33. The third kappa shape index (κ3) is 7.04. The summed E-state index contributed by atoms with van der Waals surface area (Å²) in [4.78, 5) is 22.7. The lowest BCUT2D eigenvalue weighted by atomic mass is 10.1. The Bertz CT molecular complexity index is 480. The maximum atomic E-state index is 11.7. The minimum Gasteiger partial charge on any atom is -0.480 e. The number of rotatable bonds is 8. The third-order valence-electron chi connectivity index (χ3n) is 3.00. The quantitative estimate of drug-likeness (QED) is 0.686. The van der Waals surface area contributed by atoms with Gasteiger partial charge in [0.15, 0.2) is 0 Å². The van der Waals surface area contributed by atoms with Gasteiger partial charge in [-0.25, -0.2) is 9.59 Å². The average molecular weight is 310 g/mol. The molecule has 6 heteroatoms. The van der Waals surface area contributed by atoms with Gasteiger partial charge >= 0.3 is 12.0 Å². The lowest BCUT2D eigenvalue weighted by molar-refractivity contribution is -0.139. The molecule has 0 aliphatic carbocycles. The highest BCUT2D eigenvalue weighted by Crippen LogP contribution is 2.04. The number of carbonyl (C=O) groups excluding carboxylic acids is 1. The van der Waals surface area contributed by atoms with Crippen molar-refractivity contribution in [2.24, 2.45) is 0 Å². The van der Waals surface area contributed by atoms with Crippen LogP contribution in [0.25, 0.3) is 0 Å². The molecule has 1 rings (SSSR count). The maximum Gasteiger partial charge on any atom is 0.326 e. The minimum atomic E-state index is -1.00. The van der Waals surface area contributed by atoms with E-state index in [4.69, 9.17) is 5.11 Å². The molecular formula is C15H22N2O3S. The van der Waals surface area contributed by atoms with Gasteiger partial charge in [-0.1, -0.05) is 29.8 Å². The van der Waals surface area contributed by atoms with Crippen LogP contribution in [0, 0.1) is 6.92 Å². The molecule has 3 N–H and O–H groups in total. The van der Waals surface area contributed by atoms with Crippen molar-refractivity contribution in [2.75, 3.05) is 18.6 Å². The lowest BCUT2D eigenvalue weighted by Crippen LogP contribution is -2.46. The van der Waals surface area contributed by atoms with Crippen molar-refractivity contribution >= 4 is 23.8 Å².